The van der Waals surface area contributed by atoms with Crippen molar-refractivity contribution in [2.75, 3.05) is 17.8 Å². The van der Waals surface area contributed by atoms with Crippen LogP contribution in [-0.4, -0.2) is 59.4 Å². The van der Waals surface area contributed by atoms with Gasteiger partial charge in [-0.3, -0.25) is 9.69 Å². The maximum absolute atomic E-state index is 12.4. The molecular formula is C22H27ClN2O3. The molecule has 28 heavy (non-hydrogen) atoms. The third-order valence-corrected chi connectivity index (χ3v) is 9.01. The lowest BCUT2D eigenvalue weighted by Gasteiger charge is -2.62. The number of rotatable bonds is 3. The average molecular weight is 403 g/mol. The number of hydrogen-bond donors (Lipinski definition) is 1. The summed E-state index contributed by atoms with van der Waals surface area (Å²) in [5.74, 6) is 0.510. The zero-order valence-corrected chi connectivity index (χ0v) is 17.0. The van der Waals surface area contributed by atoms with E-state index in [0.29, 0.717) is 12.0 Å². The number of alkyl halides is 1. The van der Waals surface area contributed by atoms with E-state index >= 15 is 0 Å². The van der Waals surface area contributed by atoms with Gasteiger partial charge in [-0.15, -0.1) is 11.6 Å². The van der Waals surface area contributed by atoms with Crippen LogP contribution in [0.15, 0.2) is 24.3 Å². The molecule has 3 unspecified atom stereocenters. The summed E-state index contributed by atoms with van der Waals surface area (Å²) in [6.45, 7) is 2.17. The van der Waals surface area contributed by atoms with Gasteiger partial charge in [-0.05, 0) is 36.8 Å². The molecule has 1 aromatic rings. The van der Waals surface area contributed by atoms with Crippen molar-refractivity contribution in [3.05, 3.63) is 29.8 Å². The molecule has 0 amide bonds. The lowest BCUT2D eigenvalue weighted by atomic mass is 9.62. The lowest BCUT2D eigenvalue weighted by molar-refractivity contribution is -0.212. The van der Waals surface area contributed by atoms with Gasteiger partial charge in [0.15, 0.2) is 0 Å². The Hall–Kier alpha value is -1.30. The number of piperidine rings is 4. The van der Waals surface area contributed by atoms with Crippen molar-refractivity contribution in [3.8, 4) is 0 Å². The molecule has 6 heteroatoms. The first-order valence-electron chi connectivity index (χ1n) is 10.6. The highest BCUT2D eigenvalue weighted by molar-refractivity contribution is 6.26. The molecule has 5 bridgehead atoms. The predicted molar refractivity (Wildman–Crippen MR) is 106 cm³/mol. The monoisotopic (exact) mass is 402 g/mol. The van der Waals surface area contributed by atoms with Gasteiger partial charge in [-0.2, -0.15) is 0 Å². The molecule has 6 aliphatic rings. The fourth-order valence-electron chi connectivity index (χ4n) is 8.20. The Morgan fingerprint density at radius 1 is 1.36 bits per heavy atom. The smallest absolute Gasteiger partial charge is 0.321 e. The molecule has 150 valence electrons. The number of aliphatic hydroxyl groups excluding tert-OH is 1. The number of carbonyl (C=O) groups is 1. The average Bonchev–Trinajstić information content (AvgIpc) is 3.10. The van der Waals surface area contributed by atoms with E-state index in [9.17, 15) is 9.90 Å². The van der Waals surface area contributed by atoms with Crippen molar-refractivity contribution in [1.29, 1.82) is 0 Å². The number of esters is 1. The van der Waals surface area contributed by atoms with Crippen LogP contribution in [0.3, 0.4) is 0 Å². The van der Waals surface area contributed by atoms with Crippen LogP contribution in [0, 0.1) is 17.8 Å². The first-order chi connectivity index (χ1) is 13.5. The molecule has 5 fully saturated rings. The molecule has 1 aromatic carbocycles. The van der Waals surface area contributed by atoms with E-state index in [1.165, 1.54) is 11.3 Å². The Kier molecular flexibility index (Phi) is 3.54. The van der Waals surface area contributed by atoms with Crippen molar-refractivity contribution in [2.45, 2.75) is 62.1 Å². The molecule has 1 N–H and O–H groups in total. The minimum atomic E-state index is -0.382. The molecule has 10 atom stereocenters. The van der Waals surface area contributed by atoms with Gasteiger partial charge in [0.05, 0.1) is 11.5 Å². The number of nitrogens with zero attached hydrogens (tertiary/aromatic N) is 2. The lowest BCUT2D eigenvalue weighted by Crippen LogP contribution is -2.72. The maximum Gasteiger partial charge on any atom is 0.321 e. The number of para-hydroxylation sites is 1. The molecule has 5 nitrogen and oxygen atoms in total. The van der Waals surface area contributed by atoms with Crippen molar-refractivity contribution in [3.63, 3.8) is 0 Å². The van der Waals surface area contributed by atoms with E-state index in [1.807, 2.05) is 0 Å². The van der Waals surface area contributed by atoms with Crippen LogP contribution in [0.2, 0.25) is 0 Å². The molecule has 0 aromatic heterocycles. The number of aliphatic hydroxyl groups is 1. The Labute approximate surface area is 170 Å². The normalized spacial score (nSPS) is 49.3. The number of carbonyl (C=O) groups excluding carboxylic acids is 1. The van der Waals surface area contributed by atoms with E-state index in [2.05, 4.69) is 48.0 Å². The summed E-state index contributed by atoms with van der Waals surface area (Å²) in [5, 5.41) is 11.2. The van der Waals surface area contributed by atoms with Crippen LogP contribution in [-0.2, 0) is 14.9 Å². The van der Waals surface area contributed by atoms with Crippen molar-refractivity contribution >= 4 is 23.3 Å². The number of halogens is 1. The van der Waals surface area contributed by atoms with Crippen molar-refractivity contribution in [1.82, 2.24) is 4.90 Å². The summed E-state index contributed by atoms with van der Waals surface area (Å²) in [4.78, 5) is 17.2. The molecule has 7 rings (SSSR count). The second kappa shape index (κ2) is 5.65. The zero-order valence-electron chi connectivity index (χ0n) is 16.3. The molecule has 4 saturated heterocycles. The maximum atomic E-state index is 12.4. The predicted octanol–water partition coefficient (Wildman–Crippen LogP) is 2.34. The number of ether oxygens (including phenoxy) is 1. The van der Waals surface area contributed by atoms with E-state index in [0.717, 1.165) is 19.3 Å². The third-order valence-electron chi connectivity index (χ3n) is 8.79. The highest BCUT2D eigenvalue weighted by Gasteiger charge is 2.77. The Morgan fingerprint density at radius 2 is 2.14 bits per heavy atom. The van der Waals surface area contributed by atoms with Crippen LogP contribution in [0.25, 0.3) is 0 Å². The van der Waals surface area contributed by atoms with Crippen LogP contribution in [0.5, 0.6) is 0 Å². The van der Waals surface area contributed by atoms with Gasteiger partial charge in [0, 0.05) is 36.7 Å². The van der Waals surface area contributed by atoms with Crippen LogP contribution in [0.1, 0.15) is 31.7 Å². The summed E-state index contributed by atoms with van der Waals surface area (Å²) in [7, 11) is 2.17. The van der Waals surface area contributed by atoms with E-state index in [-0.39, 0.29) is 53.5 Å². The van der Waals surface area contributed by atoms with Crippen molar-refractivity contribution < 1.29 is 14.6 Å². The highest BCUT2D eigenvalue weighted by atomic mass is 35.5. The molecule has 1 spiro atoms. The van der Waals surface area contributed by atoms with Gasteiger partial charge in [0.2, 0.25) is 0 Å². The standard InChI is InChI=1S/C22H27ClN2O3/c1-3-11-12-8-15-19-22(13-6-4-5-7-14(13)24(19)2)9-16(25(15)21(11)27)18(12)20(22)28-17(26)10-23/h4-7,11-12,15-16,18-21,27H,3,8-10H2,1-2H3/t11-,12+,15-,16-,18?,19-,20?,21+,22+/m0/s1. The van der Waals surface area contributed by atoms with Crippen molar-refractivity contribution in [2.24, 2.45) is 17.8 Å². The summed E-state index contributed by atoms with van der Waals surface area (Å²) >= 11 is 5.87. The van der Waals surface area contributed by atoms with Crippen LogP contribution in [0.4, 0.5) is 5.69 Å². The van der Waals surface area contributed by atoms with Gasteiger partial charge in [-0.25, -0.2) is 0 Å². The summed E-state index contributed by atoms with van der Waals surface area (Å²) in [5.41, 5.74) is 2.36. The number of likely N-dealkylation sites (N-methyl/N-ethyl adjacent to an activating group) is 1. The molecule has 5 heterocycles. The van der Waals surface area contributed by atoms with Gasteiger partial charge in [0.25, 0.3) is 0 Å². The number of fused-ring (bicyclic) bond motifs is 2. The van der Waals surface area contributed by atoms with Crippen LogP contribution < -0.4 is 4.90 Å². The van der Waals surface area contributed by atoms with E-state index < -0.39 is 0 Å². The molecule has 1 saturated carbocycles. The highest BCUT2D eigenvalue weighted by Crippen LogP contribution is 2.69. The summed E-state index contributed by atoms with van der Waals surface area (Å²) in [6.07, 6.45) is 2.44. The van der Waals surface area contributed by atoms with Crippen LogP contribution >= 0.6 is 11.6 Å². The van der Waals surface area contributed by atoms with Gasteiger partial charge >= 0.3 is 5.97 Å². The first kappa shape index (κ1) is 17.5. The molecule has 0 radical (unpaired) electrons. The topological polar surface area (TPSA) is 53.0 Å². The fourth-order valence-corrected chi connectivity index (χ4v) is 8.26. The van der Waals surface area contributed by atoms with E-state index in [1.54, 1.807) is 0 Å². The third kappa shape index (κ3) is 1.76. The molecule has 1 aliphatic carbocycles. The van der Waals surface area contributed by atoms with Gasteiger partial charge < -0.3 is 14.7 Å². The second-order valence-electron chi connectivity index (χ2n) is 9.41. The molecular weight excluding hydrogens is 376 g/mol. The Morgan fingerprint density at radius 3 is 2.89 bits per heavy atom. The largest absolute Gasteiger partial charge is 0.460 e. The fraction of sp³-hybridized carbons (Fsp3) is 0.682. The minimum Gasteiger partial charge on any atom is -0.460 e. The minimum absolute atomic E-state index is 0.107. The Bertz CT molecular complexity index is 849. The van der Waals surface area contributed by atoms with E-state index in [4.69, 9.17) is 16.3 Å². The summed E-state index contributed by atoms with van der Waals surface area (Å²) < 4.78 is 6.19. The summed E-state index contributed by atoms with van der Waals surface area (Å²) in [6, 6.07) is 9.40. The molecule has 5 aliphatic heterocycles. The van der Waals surface area contributed by atoms with Gasteiger partial charge in [-0.1, -0.05) is 25.1 Å². The SMILES string of the molecule is CC[C@@H]1[C@@H](O)N2[C@H]3C[C@@]45c6ccccc6N(C)[C@H]4[C@@H]2C[C@H]1C3C5OC(=O)CCl. The van der Waals surface area contributed by atoms with Gasteiger partial charge in [0.1, 0.15) is 18.2 Å². The number of benzene rings is 1. The first-order valence-corrected chi connectivity index (χ1v) is 11.1. The second-order valence-corrected chi connectivity index (χ2v) is 9.67. The Balaban J connectivity index is 1.57. The zero-order chi connectivity index (χ0) is 19.4. The quantitative estimate of drug-likeness (QED) is 0.621. The number of hydrogen-bond acceptors (Lipinski definition) is 5. The number of anilines is 1.